The lowest BCUT2D eigenvalue weighted by Crippen LogP contribution is -1.74. The van der Waals surface area contributed by atoms with E-state index in [0.717, 1.165) is 24.8 Å². The molecule has 1 aromatic heterocycles. The molecule has 0 aliphatic rings. The summed E-state index contributed by atoms with van der Waals surface area (Å²) in [7, 11) is 0. The smallest absolute Gasteiger partial charge is 0.102 e. The summed E-state index contributed by atoms with van der Waals surface area (Å²) < 4.78 is 2.21. The van der Waals surface area contributed by atoms with Gasteiger partial charge < -0.3 is 0 Å². The number of nitriles is 1. The summed E-state index contributed by atoms with van der Waals surface area (Å²) in [5.74, 6) is 0. The Balaban J connectivity index is 2.90. The Labute approximate surface area is 96.2 Å². The third-order valence-corrected chi connectivity index (χ3v) is 4.61. The number of thiol groups is 1. The maximum Gasteiger partial charge on any atom is 0.102 e. The average molecular weight is 237 g/mol. The fourth-order valence-electron chi connectivity index (χ4n) is 1.35. The molecule has 0 aliphatic heterocycles. The van der Waals surface area contributed by atoms with Gasteiger partial charge in [-0.3, -0.25) is 0 Å². The topological polar surface area (TPSA) is 23.8 Å². The zero-order valence-electron chi connectivity index (χ0n) is 7.44. The molecule has 0 amide bonds. The van der Waals surface area contributed by atoms with E-state index in [0.29, 0.717) is 0 Å². The van der Waals surface area contributed by atoms with Gasteiger partial charge in [-0.05, 0) is 18.4 Å². The molecular weight excluding hydrogens is 230 g/mol. The van der Waals surface area contributed by atoms with E-state index in [1.807, 2.05) is 24.5 Å². The number of thiophene rings is 1. The zero-order chi connectivity index (χ0) is 10.1. The van der Waals surface area contributed by atoms with E-state index in [4.69, 9.17) is 5.26 Å². The van der Waals surface area contributed by atoms with Gasteiger partial charge in [0, 0.05) is 15.0 Å². The number of nitrogens with zero attached hydrogens (tertiary/aromatic N) is 1. The molecule has 0 saturated heterocycles. The molecule has 1 nitrogen and oxygen atoms in total. The minimum atomic E-state index is 0.767. The quantitative estimate of drug-likeness (QED) is 0.602. The first-order valence-corrected chi connectivity index (χ1v) is 6.45. The summed E-state index contributed by atoms with van der Waals surface area (Å²) in [4.78, 5) is 0.885. The predicted molar refractivity (Wildman–Crippen MR) is 65.6 cm³/mol. The minimum absolute atomic E-state index is 0.767. The second kappa shape index (κ2) is 3.85. The summed E-state index contributed by atoms with van der Waals surface area (Å²) in [6, 6.07) is 8.16. The SMILES string of the molecule is CSc1sc2cccc(S)c2c1C#N. The Morgan fingerprint density at radius 3 is 2.93 bits per heavy atom. The lowest BCUT2D eigenvalue weighted by Gasteiger charge is -1.94. The number of hydrogen-bond donors (Lipinski definition) is 1. The number of benzene rings is 1. The molecule has 0 fully saturated rings. The van der Waals surface area contributed by atoms with Crippen molar-refractivity contribution in [2.24, 2.45) is 0 Å². The molecule has 0 aliphatic carbocycles. The standard InChI is InChI=1S/C10H7NS3/c1-13-10-6(5-11)9-7(12)3-2-4-8(9)14-10/h2-4,12H,1H3. The highest BCUT2D eigenvalue weighted by atomic mass is 32.2. The average Bonchev–Trinajstić information content (AvgIpc) is 2.56. The molecule has 0 radical (unpaired) electrons. The van der Waals surface area contributed by atoms with Gasteiger partial charge in [-0.15, -0.1) is 35.7 Å². The Kier molecular flexibility index (Phi) is 2.73. The maximum absolute atomic E-state index is 9.07. The molecule has 1 aromatic carbocycles. The van der Waals surface area contributed by atoms with Crippen molar-refractivity contribution in [1.29, 1.82) is 5.26 Å². The van der Waals surface area contributed by atoms with Crippen LogP contribution in [-0.2, 0) is 0 Å². The van der Waals surface area contributed by atoms with Crippen molar-refractivity contribution in [2.75, 3.05) is 6.26 Å². The van der Waals surface area contributed by atoms with Crippen molar-refractivity contribution >= 4 is 45.8 Å². The largest absolute Gasteiger partial charge is 0.192 e. The fraction of sp³-hybridized carbons (Fsp3) is 0.100. The molecule has 14 heavy (non-hydrogen) atoms. The van der Waals surface area contributed by atoms with Gasteiger partial charge in [-0.25, -0.2) is 0 Å². The highest BCUT2D eigenvalue weighted by Crippen LogP contribution is 2.39. The fourth-order valence-corrected chi connectivity index (χ4v) is 3.61. The zero-order valence-corrected chi connectivity index (χ0v) is 9.97. The van der Waals surface area contributed by atoms with E-state index in [1.54, 1.807) is 23.1 Å². The van der Waals surface area contributed by atoms with Gasteiger partial charge in [0.05, 0.1) is 9.77 Å². The molecule has 2 rings (SSSR count). The van der Waals surface area contributed by atoms with E-state index >= 15 is 0 Å². The molecule has 0 bridgehead atoms. The Morgan fingerprint density at radius 2 is 2.29 bits per heavy atom. The predicted octanol–water partition coefficient (Wildman–Crippen LogP) is 3.78. The van der Waals surface area contributed by atoms with Crippen LogP contribution in [0.1, 0.15) is 5.56 Å². The van der Waals surface area contributed by atoms with Gasteiger partial charge in [0.1, 0.15) is 6.07 Å². The van der Waals surface area contributed by atoms with E-state index in [2.05, 4.69) is 18.7 Å². The Bertz CT molecular complexity index is 522. The van der Waals surface area contributed by atoms with Crippen molar-refractivity contribution in [3.63, 3.8) is 0 Å². The number of hydrogen-bond acceptors (Lipinski definition) is 4. The highest BCUT2D eigenvalue weighted by molar-refractivity contribution is 8.00. The monoisotopic (exact) mass is 237 g/mol. The lowest BCUT2D eigenvalue weighted by molar-refractivity contribution is 1.46. The molecule has 1 heterocycles. The summed E-state index contributed by atoms with van der Waals surface area (Å²) in [5.41, 5.74) is 0.767. The van der Waals surface area contributed by atoms with Crippen LogP contribution in [-0.4, -0.2) is 6.26 Å². The number of fused-ring (bicyclic) bond motifs is 1. The minimum Gasteiger partial charge on any atom is -0.192 e. The van der Waals surface area contributed by atoms with Crippen molar-refractivity contribution in [3.8, 4) is 6.07 Å². The number of rotatable bonds is 1. The number of thioether (sulfide) groups is 1. The van der Waals surface area contributed by atoms with Crippen LogP contribution in [0.3, 0.4) is 0 Å². The van der Waals surface area contributed by atoms with Gasteiger partial charge >= 0.3 is 0 Å². The normalized spacial score (nSPS) is 10.4. The van der Waals surface area contributed by atoms with E-state index in [9.17, 15) is 0 Å². The second-order valence-electron chi connectivity index (χ2n) is 2.73. The third kappa shape index (κ3) is 1.42. The molecule has 70 valence electrons. The first-order chi connectivity index (χ1) is 6.77. The molecule has 2 aromatic rings. The van der Waals surface area contributed by atoms with Crippen LogP contribution >= 0.6 is 35.7 Å². The Morgan fingerprint density at radius 1 is 1.50 bits per heavy atom. The van der Waals surface area contributed by atoms with Crippen LogP contribution in [0.25, 0.3) is 10.1 Å². The summed E-state index contributed by atoms with van der Waals surface area (Å²) in [6.07, 6.45) is 1.99. The first kappa shape index (κ1) is 9.91. The molecule has 0 saturated carbocycles. The summed E-state index contributed by atoms with van der Waals surface area (Å²) in [6.45, 7) is 0. The van der Waals surface area contributed by atoms with Gasteiger partial charge in [0.25, 0.3) is 0 Å². The van der Waals surface area contributed by atoms with Gasteiger partial charge in [-0.2, -0.15) is 5.26 Å². The van der Waals surface area contributed by atoms with Gasteiger partial charge in [0.2, 0.25) is 0 Å². The molecule has 4 heteroatoms. The van der Waals surface area contributed by atoms with Crippen LogP contribution in [0.15, 0.2) is 27.3 Å². The molecule has 0 unspecified atom stereocenters. The van der Waals surface area contributed by atoms with Gasteiger partial charge in [0.15, 0.2) is 0 Å². The second-order valence-corrected chi connectivity index (χ2v) is 5.34. The van der Waals surface area contributed by atoms with Crippen molar-refractivity contribution in [1.82, 2.24) is 0 Å². The first-order valence-electron chi connectivity index (χ1n) is 3.96. The third-order valence-electron chi connectivity index (χ3n) is 1.96. The van der Waals surface area contributed by atoms with Crippen molar-refractivity contribution in [2.45, 2.75) is 9.10 Å². The van der Waals surface area contributed by atoms with E-state index in [1.165, 1.54) is 0 Å². The van der Waals surface area contributed by atoms with Crippen LogP contribution in [0.2, 0.25) is 0 Å². The highest BCUT2D eigenvalue weighted by Gasteiger charge is 2.12. The van der Waals surface area contributed by atoms with E-state index in [-0.39, 0.29) is 0 Å². The molecular formula is C10H7NS3. The van der Waals surface area contributed by atoms with Crippen LogP contribution in [0.4, 0.5) is 0 Å². The van der Waals surface area contributed by atoms with Crippen LogP contribution < -0.4 is 0 Å². The van der Waals surface area contributed by atoms with Crippen molar-refractivity contribution < 1.29 is 0 Å². The lowest BCUT2D eigenvalue weighted by atomic mass is 10.2. The van der Waals surface area contributed by atoms with Crippen LogP contribution in [0, 0.1) is 11.3 Å². The molecule has 0 spiro atoms. The molecule has 0 atom stereocenters. The molecule has 0 N–H and O–H groups in total. The maximum atomic E-state index is 9.07. The van der Waals surface area contributed by atoms with Crippen LogP contribution in [0.5, 0.6) is 0 Å². The van der Waals surface area contributed by atoms with Crippen molar-refractivity contribution in [3.05, 3.63) is 23.8 Å². The summed E-state index contributed by atoms with van der Waals surface area (Å²) in [5, 5.41) is 10.1. The summed E-state index contributed by atoms with van der Waals surface area (Å²) >= 11 is 7.64. The van der Waals surface area contributed by atoms with Gasteiger partial charge in [-0.1, -0.05) is 6.07 Å². The van der Waals surface area contributed by atoms with E-state index < -0.39 is 0 Å². The Hall–Kier alpha value is -0.630.